The number of Topliss-reactive ketones (excluding diaryl/α,β-unsaturated/α-hetero) is 1. The molecule has 1 heterocycles. The Morgan fingerprint density at radius 1 is 0.622 bits per heavy atom. The monoisotopic (exact) mass is 687 g/mol. The van der Waals surface area contributed by atoms with Crippen molar-refractivity contribution in [2.75, 3.05) is 6.16 Å². The quantitative estimate of drug-likeness (QED) is 0.0637. The van der Waals surface area contributed by atoms with E-state index in [-0.39, 0.29) is 28.5 Å². The number of aromatic nitrogens is 1. The molecule has 0 atom stereocenters. The molecule has 0 radical (unpaired) electrons. The van der Waals surface area contributed by atoms with Gasteiger partial charge in [-0.15, -0.1) is 0 Å². The first kappa shape index (κ1) is 36.7. The Morgan fingerprint density at radius 3 is 1.60 bits per heavy atom. The Balaban J connectivity index is 0.00000552. The molecule has 0 spiro atoms. The SMILES string of the molecule is Cc1cc(O)ccc1C(=O)CCCCCCCCCCCCCCC[P+](c1ccccc1)(c1ccccc1)c1ccccn1.[Br-]. The summed E-state index contributed by atoms with van der Waals surface area (Å²) >= 11 is 0. The molecular formula is C40H51BrNO2P. The van der Waals surface area contributed by atoms with Crippen LogP contribution < -0.4 is 33.0 Å². The average molecular weight is 689 g/mol. The van der Waals surface area contributed by atoms with Crippen molar-refractivity contribution < 1.29 is 26.9 Å². The highest BCUT2D eigenvalue weighted by Crippen LogP contribution is 2.55. The van der Waals surface area contributed by atoms with Crippen molar-refractivity contribution in [3.05, 3.63) is 114 Å². The van der Waals surface area contributed by atoms with Gasteiger partial charge in [0.15, 0.2) is 11.2 Å². The van der Waals surface area contributed by atoms with Crippen LogP contribution in [0.3, 0.4) is 0 Å². The minimum Gasteiger partial charge on any atom is -1.00 e. The van der Waals surface area contributed by atoms with Crippen LogP contribution in [0.15, 0.2) is 103 Å². The van der Waals surface area contributed by atoms with Gasteiger partial charge in [0, 0.05) is 24.2 Å². The molecule has 3 nitrogen and oxygen atoms in total. The molecule has 0 fully saturated rings. The number of halogens is 1. The Bertz CT molecular complexity index is 1280. The largest absolute Gasteiger partial charge is 1.00 e. The van der Waals surface area contributed by atoms with Gasteiger partial charge in [-0.3, -0.25) is 4.79 Å². The first-order chi connectivity index (χ1) is 21.6. The van der Waals surface area contributed by atoms with Crippen LogP contribution in [0, 0.1) is 6.92 Å². The van der Waals surface area contributed by atoms with Gasteiger partial charge in [0.05, 0.1) is 6.16 Å². The van der Waals surface area contributed by atoms with E-state index in [9.17, 15) is 9.90 Å². The van der Waals surface area contributed by atoms with Crippen molar-refractivity contribution in [3.8, 4) is 5.75 Å². The lowest BCUT2D eigenvalue weighted by molar-refractivity contribution is -0.0000181. The second-order valence-corrected chi connectivity index (χ2v) is 15.7. The Kier molecular flexibility index (Phi) is 16.6. The van der Waals surface area contributed by atoms with Crippen LogP contribution in [0.25, 0.3) is 0 Å². The predicted octanol–water partition coefficient (Wildman–Crippen LogP) is 6.74. The number of carbonyl (C=O) groups is 1. The maximum Gasteiger partial charge on any atom is 0.192 e. The summed E-state index contributed by atoms with van der Waals surface area (Å²) in [6.07, 6.45) is 20.1. The lowest BCUT2D eigenvalue weighted by Crippen LogP contribution is -3.00. The van der Waals surface area contributed by atoms with Crippen LogP contribution >= 0.6 is 7.26 Å². The van der Waals surface area contributed by atoms with E-state index in [4.69, 9.17) is 4.98 Å². The number of phenolic OH excluding ortho intramolecular Hbond substituents is 1. The van der Waals surface area contributed by atoms with Crippen LogP contribution in [0.2, 0.25) is 0 Å². The van der Waals surface area contributed by atoms with Crippen molar-refractivity contribution >= 4 is 29.1 Å². The third kappa shape index (κ3) is 11.2. The molecule has 0 aliphatic heterocycles. The lowest BCUT2D eigenvalue weighted by atomic mass is 9.99. The Labute approximate surface area is 283 Å². The number of hydrogen-bond donors (Lipinski definition) is 1. The van der Waals surface area contributed by atoms with Crippen molar-refractivity contribution in [1.82, 2.24) is 4.98 Å². The maximum atomic E-state index is 12.4. The van der Waals surface area contributed by atoms with Crippen molar-refractivity contribution in [2.45, 2.75) is 96.8 Å². The first-order valence-corrected chi connectivity index (χ1v) is 18.8. The summed E-state index contributed by atoms with van der Waals surface area (Å²) in [6.45, 7) is 1.89. The fourth-order valence-corrected chi connectivity index (χ4v) is 10.6. The van der Waals surface area contributed by atoms with Gasteiger partial charge in [0.1, 0.15) is 23.6 Å². The van der Waals surface area contributed by atoms with Gasteiger partial charge >= 0.3 is 0 Å². The van der Waals surface area contributed by atoms with Crippen LogP contribution in [0.1, 0.15) is 106 Å². The van der Waals surface area contributed by atoms with E-state index in [1.807, 2.05) is 19.2 Å². The summed E-state index contributed by atoms with van der Waals surface area (Å²) in [4.78, 5) is 17.4. The number of nitrogens with zero attached hydrogens (tertiary/aromatic N) is 1. The van der Waals surface area contributed by atoms with Crippen molar-refractivity contribution in [2.24, 2.45) is 0 Å². The van der Waals surface area contributed by atoms with Crippen molar-refractivity contribution in [3.63, 3.8) is 0 Å². The lowest BCUT2D eigenvalue weighted by Gasteiger charge is -2.26. The van der Waals surface area contributed by atoms with Gasteiger partial charge in [-0.05, 0) is 80.3 Å². The van der Waals surface area contributed by atoms with E-state index >= 15 is 0 Å². The van der Waals surface area contributed by atoms with E-state index in [0.717, 1.165) is 24.0 Å². The summed E-state index contributed by atoms with van der Waals surface area (Å²) < 4.78 is 0. The highest BCUT2D eigenvalue weighted by molar-refractivity contribution is 7.95. The minimum absolute atomic E-state index is 0. The van der Waals surface area contributed by atoms with Gasteiger partial charge in [0.25, 0.3) is 0 Å². The zero-order valence-electron chi connectivity index (χ0n) is 27.0. The fourth-order valence-electron chi connectivity index (χ4n) is 6.41. The van der Waals surface area contributed by atoms with Gasteiger partial charge in [-0.2, -0.15) is 0 Å². The molecule has 0 bridgehead atoms. The van der Waals surface area contributed by atoms with Gasteiger partial charge in [-0.25, -0.2) is 4.98 Å². The number of aromatic hydroxyl groups is 1. The van der Waals surface area contributed by atoms with Crippen molar-refractivity contribution in [1.29, 1.82) is 0 Å². The molecule has 4 rings (SSSR count). The summed E-state index contributed by atoms with van der Waals surface area (Å²) in [6, 6.07) is 33.7. The molecule has 3 aromatic carbocycles. The number of carbonyl (C=O) groups excluding carboxylic acids is 1. The molecule has 45 heavy (non-hydrogen) atoms. The zero-order valence-corrected chi connectivity index (χ0v) is 29.5. The van der Waals surface area contributed by atoms with Gasteiger partial charge in [0.2, 0.25) is 0 Å². The highest BCUT2D eigenvalue weighted by Gasteiger charge is 2.45. The zero-order chi connectivity index (χ0) is 30.9. The molecule has 1 aromatic heterocycles. The first-order valence-electron chi connectivity index (χ1n) is 16.8. The third-order valence-electron chi connectivity index (χ3n) is 8.84. The van der Waals surface area contributed by atoms with Crippen LogP contribution in [-0.2, 0) is 0 Å². The Hall–Kier alpha value is -2.81. The molecule has 0 amide bonds. The minimum atomic E-state index is -1.80. The highest BCUT2D eigenvalue weighted by atomic mass is 79.9. The second kappa shape index (κ2) is 20.3. The van der Waals surface area contributed by atoms with Gasteiger partial charge < -0.3 is 22.1 Å². The smallest absolute Gasteiger partial charge is 0.192 e. The topological polar surface area (TPSA) is 50.2 Å². The standard InChI is InChI=1S/C40H50NO2P.BrH/c1-34-33-35(42)29-30-38(34)39(43)27-19-11-9-7-5-3-2-4-6-8-10-12-22-32-44(36-23-15-13-16-24-36,37-25-17-14-18-26-37)40-28-20-21-31-41-40;/h13-18,20-21,23-26,28-31,33H,2-12,19,22,27,32H2,1H3;1H. The number of pyridine rings is 1. The summed E-state index contributed by atoms with van der Waals surface area (Å²) in [5.74, 6) is 0.422. The van der Waals surface area contributed by atoms with Gasteiger partial charge in [-0.1, -0.05) is 107 Å². The number of benzene rings is 3. The molecule has 0 saturated carbocycles. The van der Waals surface area contributed by atoms with E-state index in [1.165, 1.54) is 92.8 Å². The number of unbranched alkanes of at least 4 members (excludes halogenated alkanes) is 12. The van der Waals surface area contributed by atoms with Crippen LogP contribution in [0.5, 0.6) is 5.75 Å². The molecule has 5 heteroatoms. The molecule has 0 aliphatic carbocycles. The normalized spacial score (nSPS) is 11.2. The summed E-state index contributed by atoms with van der Waals surface area (Å²) in [5, 5.41) is 12.4. The van der Waals surface area contributed by atoms with Crippen LogP contribution in [0.4, 0.5) is 0 Å². The number of hydrogen-bond acceptors (Lipinski definition) is 3. The molecule has 0 unspecified atom stereocenters. The number of rotatable bonds is 20. The maximum absolute atomic E-state index is 12.4. The van der Waals surface area contributed by atoms with Crippen LogP contribution in [-0.4, -0.2) is 22.0 Å². The summed E-state index contributed by atoms with van der Waals surface area (Å²) in [7, 11) is -1.80. The molecule has 0 saturated heterocycles. The number of phenols is 1. The second-order valence-electron chi connectivity index (χ2n) is 12.2. The predicted molar refractivity (Wildman–Crippen MR) is 190 cm³/mol. The molecule has 4 aromatic rings. The summed E-state index contributed by atoms with van der Waals surface area (Å²) in [5.41, 5.74) is 2.86. The number of ketones is 1. The van der Waals surface area contributed by atoms with E-state index < -0.39 is 7.26 Å². The Morgan fingerprint density at radius 2 is 1.11 bits per heavy atom. The molecule has 240 valence electrons. The van der Waals surface area contributed by atoms with E-state index in [1.54, 1.807) is 18.2 Å². The molecule has 0 aliphatic rings. The fraction of sp³-hybridized carbons (Fsp3) is 0.400. The van der Waals surface area contributed by atoms with E-state index in [2.05, 4.69) is 72.8 Å². The number of aryl methyl sites for hydroxylation is 1. The molecule has 1 N–H and O–H groups in total. The van der Waals surface area contributed by atoms with E-state index in [0.29, 0.717) is 6.42 Å². The molecular weight excluding hydrogens is 637 g/mol. The third-order valence-corrected chi connectivity index (χ3v) is 13.2. The average Bonchev–Trinajstić information content (AvgIpc) is 3.06.